The van der Waals surface area contributed by atoms with E-state index < -0.39 is 17.4 Å². The second-order valence-corrected chi connectivity index (χ2v) is 9.16. The Morgan fingerprint density at radius 2 is 1.94 bits per heavy atom. The third-order valence-corrected chi connectivity index (χ3v) is 7.34. The SMILES string of the molecule is CNC(C)(C(N)=O)[C@@H]1CCc2ccccc2N(Cc2c(OC)ccc3cc(/C(N)=N/N)ccc23)C1=O. The molecule has 36 heavy (non-hydrogen) atoms. The fourth-order valence-corrected chi connectivity index (χ4v) is 5.00. The van der Waals surface area contributed by atoms with Crippen LogP contribution in [0.2, 0.25) is 0 Å². The van der Waals surface area contributed by atoms with Crippen LogP contribution in [0.15, 0.2) is 59.7 Å². The highest BCUT2D eigenvalue weighted by molar-refractivity contribution is 6.04. The number of amides is 2. The third kappa shape index (κ3) is 4.22. The standard InChI is InChI=1S/C27H32N6O3/c1-27(31-2,26(29)35)21-12-9-16-6-4-5-7-22(16)33(25(21)34)15-20-19-11-8-18(24(28)32-30)14-17(19)10-13-23(20)36-3/h4-8,10-11,13-14,21,31H,9,12,15,30H2,1-3H3,(H2,28,32)(H2,29,35)/t21-,27?/m1/s1. The van der Waals surface area contributed by atoms with Crippen molar-refractivity contribution in [3.8, 4) is 5.75 Å². The molecule has 0 saturated carbocycles. The Balaban J connectivity index is 1.87. The van der Waals surface area contributed by atoms with Gasteiger partial charge in [0.05, 0.1) is 19.6 Å². The average molecular weight is 489 g/mol. The molecule has 9 nitrogen and oxygen atoms in total. The molecular formula is C27H32N6O3. The van der Waals surface area contributed by atoms with Crippen LogP contribution in [0, 0.1) is 5.92 Å². The topological polar surface area (TPSA) is 149 Å². The first-order chi connectivity index (χ1) is 17.2. The van der Waals surface area contributed by atoms with Gasteiger partial charge in [-0.1, -0.05) is 36.4 Å². The van der Waals surface area contributed by atoms with Gasteiger partial charge in [0.15, 0.2) is 0 Å². The average Bonchev–Trinajstić information content (AvgIpc) is 3.04. The van der Waals surface area contributed by atoms with Crippen molar-refractivity contribution in [3.63, 3.8) is 0 Å². The number of fused-ring (bicyclic) bond motifs is 2. The van der Waals surface area contributed by atoms with Crippen LogP contribution < -0.4 is 32.3 Å². The Labute approximate surface area is 210 Å². The van der Waals surface area contributed by atoms with Crippen molar-refractivity contribution in [2.45, 2.75) is 31.8 Å². The first kappa shape index (κ1) is 25.0. The highest BCUT2D eigenvalue weighted by Crippen LogP contribution is 2.37. The fraction of sp³-hybridized carbons (Fsp3) is 0.296. The molecule has 1 unspecified atom stereocenters. The number of anilines is 1. The van der Waals surface area contributed by atoms with Gasteiger partial charge >= 0.3 is 0 Å². The maximum Gasteiger partial charge on any atom is 0.238 e. The molecule has 0 saturated heterocycles. The van der Waals surface area contributed by atoms with Crippen molar-refractivity contribution >= 4 is 34.1 Å². The summed E-state index contributed by atoms with van der Waals surface area (Å²) >= 11 is 0. The Bertz CT molecular complexity index is 1350. The summed E-state index contributed by atoms with van der Waals surface area (Å²) in [6.07, 6.45) is 1.13. The maximum atomic E-state index is 14.1. The zero-order chi connectivity index (χ0) is 26.0. The van der Waals surface area contributed by atoms with Crippen molar-refractivity contribution < 1.29 is 14.3 Å². The summed E-state index contributed by atoms with van der Waals surface area (Å²) in [4.78, 5) is 28.3. The number of likely N-dealkylation sites (N-methyl/N-ethyl adjacent to an activating group) is 1. The van der Waals surface area contributed by atoms with Crippen LogP contribution in [-0.2, 0) is 22.6 Å². The van der Waals surface area contributed by atoms with Crippen molar-refractivity contribution in [2.24, 2.45) is 28.3 Å². The summed E-state index contributed by atoms with van der Waals surface area (Å²) in [5.41, 5.74) is 13.9. The predicted octanol–water partition coefficient (Wildman–Crippen LogP) is 1.99. The number of para-hydroxylation sites is 1. The van der Waals surface area contributed by atoms with E-state index in [0.717, 1.165) is 27.6 Å². The highest BCUT2D eigenvalue weighted by Gasteiger charge is 2.46. The second kappa shape index (κ2) is 9.87. The highest BCUT2D eigenvalue weighted by atomic mass is 16.5. The lowest BCUT2D eigenvalue weighted by Crippen LogP contribution is -2.60. The number of nitrogens with one attached hydrogen (secondary N) is 1. The molecule has 1 aliphatic heterocycles. The second-order valence-electron chi connectivity index (χ2n) is 9.16. The lowest BCUT2D eigenvalue weighted by Gasteiger charge is -2.36. The van der Waals surface area contributed by atoms with Crippen LogP contribution in [0.5, 0.6) is 5.75 Å². The minimum absolute atomic E-state index is 0.175. The van der Waals surface area contributed by atoms with Gasteiger partial charge in [0.2, 0.25) is 11.8 Å². The van der Waals surface area contributed by atoms with Crippen molar-refractivity contribution in [1.29, 1.82) is 0 Å². The molecule has 9 heteroatoms. The Morgan fingerprint density at radius 3 is 2.61 bits per heavy atom. The lowest BCUT2D eigenvalue weighted by atomic mass is 9.80. The van der Waals surface area contributed by atoms with E-state index in [1.165, 1.54) is 0 Å². The van der Waals surface area contributed by atoms with Gasteiger partial charge in [-0.3, -0.25) is 9.59 Å². The summed E-state index contributed by atoms with van der Waals surface area (Å²) in [7, 11) is 3.26. The van der Waals surface area contributed by atoms with Crippen LogP contribution in [0.25, 0.3) is 10.8 Å². The largest absolute Gasteiger partial charge is 0.496 e. The quantitative estimate of drug-likeness (QED) is 0.173. The Hall–Kier alpha value is -4.11. The molecule has 4 rings (SSSR count). The van der Waals surface area contributed by atoms with Gasteiger partial charge < -0.3 is 32.3 Å². The molecule has 0 aliphatic carbocycles. The van der Waals surface area contributed by atoms with Gasteiger partial charge in [-0.25, -0.2) is 0 Å². The summed E-state index contributed by atoms with van der Waals surface area (Å²) < 4.78 is 5.71. The number of methoxy groups -OCH3 is 1. The van der Waals surface area contributed by atoms with Crippen LogP contribution in [0.3, 0.4) is 0 Å². The van der Waals surface area contributed by atoms with Gasteiger partial charge in [-0.15, -0.1) is 0 Å². The van der Waals surface area contributed by atoms with Crippen LogP contribution in [0.1, 0.15) is 30.0 Å². The number of aryl methyl sites for hydroxylation is 1. The number of hydrogen-bond donors (Lipinski definition) is 4. The smallest absolute Gasteiger partial charge is 0.238 e. The molecule has 7 N–H and O–H groups in total. The van der Waals surface area contributed by atoms with E-state index in [0.29, 0.717) is 24.2 Å². The first-order valence-corrected chi connectivity index (χ1v) is 11.8. The number of nitrogens with two attached hydrogens (primary N) is 3. The molecule has 1 aliphatic rings. The summed E-state index contributed by atoms with van der Waals surface area (Å²) in [5, 5.41) is 8.40. The number of rotatable bonds is 7. The lowest BCUT2D eigenvalue weighted by molar-refractivity contribution is -0.134. The van der Waals surface area contributed by atoms with Gasteiger partial charge in [-0.2, -0.15) is 5.10 Å². The fourth-order valence-electron chi connectivity index (χ4n) is 5.00. The first-order valence-electron chi connectivity index (χ1n) is 11.8. The maximum absolute atomic E-state index is 14.1. The number of hydrogen-bond acceptors (Lipinski definition) is 6. The number of nitrogens with zero attached hydrogens (tertiary/aromatic N) is 2. The van der Waals surface area contributed by atoms with E-state index in [2.05, 4.69) is 10.4 Å². The summed E-state index contributed by atoms with van der Waals surface area (Å²) in [6, 6.07) is 17.3. The Kier molecular flexibility index (Phi) is 6.85. The normalized spacial score (nSPS) is 17.9. The predicted molar refractivity (Wildman–Crippen MR) is 142 cm³/mol. The van der Waals surface area contributed by atoms with Crippen molar-refractivity contribution in [3.05, 3.63) is 71.3 Å². The van der Waals surface area contributed by atoms with Crippen LogP contribution >= 0.6 is 0 Å². The van der Waals surface area contributed by atoms with E-state index in [-0.39, 0.29) is 18.3 Å². The molecule has 0 fully saturated rings. The number of ether oxygens (including phenoxy) is 1. The van der Waals surface area contributed by atoms with E-state index >= 15 is 0 Å². The molecule has 3 aromatic carbocycles. The molecule has 0 bridgehead atoms. The molecule has 3 aromatic rings. The zero-order valence-electron chi connectivity index (χ0n) is 20.7. The van der Waals surface area contributed by atoms with Crippen molar-refractivity contribution in [1.82, 2.24) is 5.32 Å². The molecule has 0 spiro atoms. The minimum atomic E-state index is -1.20. The van der Waals surface area contributed by atoms with E-state index in [1.807, 2.05) is 54.6 Å². The van der Waals surface area contributed by atoms with E-state index in [1.54, 1.807) is 26.0 Å². The minimum Gasteiger partial charge on any atom is -0.496 e. The van der Waals surface area contributed by atoms with Crippen molar-refractivity contribution in [2.75, 3.05) is 19.1 Å². The molecule has 0 radical (unpaired) electrons. The third-order valence-electron chi connectivity index (χ3n) is 7.34. The number of benzene rings is 3. The molecule has 0 aromatic heterocycles. The molecule has 1 heterocycles. The number of carbonyl (C=O) groups is 2. The molecule has 188 valence electrons. The van der Waals surface area contributed by atoms with E-state index in [9.17, 15) is 9.59 Å². The number of amidine groups is 1. The zero-order valence-corrected chi connectivity index (χ0v) is 20.7. The number of hydrazone groups is 1. The molecule has 2 amide bonds. The van der Waals surface area contributed by atoms with Gasteiger partial charge in [-0.05, 0) is 61.3 Å². The number of carbonyl (C=O) groups excluding carboxylic acids is 2. The summed E-state index contributed by atoms with van der Waals surface area (Å²) in [5.74, 6) is 4.85. The van der Waals surface area contributed by atoms with Gasteiger partial charge in [0, 0.05) is 16.8 Å². The number of primary amides is 1. The summed E-state index contributed by atoms with van der Waals surface area (Å²) in [6.45, 7) is 1.93. The van der Waals surface area contributed by atoms with Gasteiger partial charge in [0.1, 0.15) is 17.1 Å². The Morgan fingerprint density at radius 1 is 1.19 bits per heavy atom. The molecule has 2 atom stereocenters. The van der Waals surface area contributed by atoms with Crippen LogP contribution in [0.4, 0.5) is 5.69 Å². The van der Waals surface area contributed by atoms with Crippen LogP contribution in [-0.4, -0.2) is 37.3 Å². The monoisotopic (exact) mass is 488 g/mol. The van der Waals surface area contributed by atoms with E-state index in [4.69, 9.17) is 22.0 Å². The van der Waals surface area contributed by atoms with Gasteiger partial charge in [0.25, 0.3) is 0 Å². The molecular weight excluding hydrogens is 456 g/mol.